The molecule has 198 valence electrons. The number of benzene rings is 3. The molecule has 4 rings (SSSR count). The second-order valence-electron chi connectivity index (χ2n) is 9.17. The molecule has 3 aromatic carbocycles. The van der Waals surface area contributed by atoms with Crippen molar-refractivity contribution in [3.63, 3.8) is 0 Å². The van der Waals surface area contributed by atoms with Crippen molar-refractivity contribution in [2.75, 3.05) is 39.0 Å². The number of carbonyl (C=O) groups excluding carboxylic acids is 1. The summed E-state index contributed by atoms with van der Waals surface area (Å²) in [6.45, 7) is 2.20. The zero-order chi connectivity index (χ0) is 27.3. The molecule has 1 heterocycles. The lowest BCUT2D eigenvalue weighted by Gasteiger charge is -2.23. The molecule has 38 heavy (non-hydrogen) atoms. The monoisotopic (exact) mass is 551 g/mol. The van der Waals surface area contributed by atoms with Crippen molar-refractivity contribution in [3.8, 4) is 16.9 Å². The van der Waals surface area contributed by atoms with Gasteiger partial charge in [0.15, 0.2) is 0 Å². The Kier molecular flexibility index (Phi) is 8.63. The van der Waals surface area contributed by atoms with Crippen LogP contribution in [0.2, 0.25) is 5.02 Å². The number of likely N-dealkylation sites (N-methyl/N-ethyl adjacent to an activating group) is 1. The number of carbonyl (C=O) groups is 1. The summed E-state index contributed by atoms with van der Waals surface area (Å²) in [7, 11) is -0.258. The fourth-order valence-corrected chi connectivity index (χ4v) is 5.31. The van der Waals surface area contributed by atoms with Gasteiger partial charge in [0.1, 0.15) is 0 Å². The number of sulfonamides is 1. The van der Waals surface area contributed by atoms with E-state index in [1.165, 1.54) is 28.6 Å². The van der Waals surface area contributed by atoms with E-state index in [4.69, 9.17) is 11.6 Å². The van der Waals surface area contributed by atoms with Gasteiger partial charge in [0.05, 0.1) is 17.1 Å². The Bertz CT molecular complexity index is 1490. The van der Waals surface area contributed by atoms with Crippen molar-refractivity contribution < 1.29 is 13.2 Å². The number of nitrogens with zero attached hydrogens (tertiary/aromatic N) is 4. The molecule has 1 N–H and O–H groups in total. The van der Waals surface area contributed by atoms with Gasteiger partial charge in [0.2, 0.25) is 21.9 Å². The Balaban J connectivity index is 1.63. The van der Waals surface area contributed by atoms with E-state index in [1.54, 1.807) is 4.57 Å². The number of hydrogen-bond acceptors (Lipinski definition) is 5. The molecule has 0 bridgehead atoms. The Morgan fingerprint density at radius 3 is 2.24 bits per heavy atom. The quantitative estimate of drug-likeness (QED) is 0.309. The average molecular weight is 552 g/mol. The molecule has 10 heteroatoms. The molecule has 0 saturated carbocycles. The third-order valence-electron chi connectivity index (χ3n) is 5.91. The number of hydrogen-bond donors (Lipinski definition) is 1. The lowest BCUT2D eigenvalue weighted by molar-refractivity contribution is -0.116. The summed E-state index contributed by atoms with van der Waals surface area (Å²) < 4.78 is 29.8. The maximum absolute atomic E-state index is 13.4. The molecular weight excluding hydrogens is 522 g/mol. The third-order valence-corrected chi connectivity index (χ3v) is 8.02. The van der Waals surface area contributed by atoms with Crippen LogP contribution in [-0.2, 0) is 14.8 Å². The highest BCUT2D eigenvalue weighted by Gasteiger charge is 2.27. The van der Waals surface area contributed by atoms with Crippen LogP contribution in [0.25, 0.3) is 16.9 Å². The molecule has 0 aliphatic rings. The van der Waals surface area contributed by atoms with Crippen LogP contribution in [0.1, 0.15) is 5.56 Å². The van der Waals surface area contributed by atoms with E-state index in [0.717, 1.165) is 16.8 Å². The Labute approximate surface area is 228 Å². The number of imidazole rings is 1. The first-order valence-corrected chi connectivity index (χ1v) is 13.9. The van der Waals surface area contributed by atoms with Gasteiger partial charge in [0.25, 0.3) is 0 Å². The fraction of sp³-hybridized carbons (Fsp3) is 0.214. The van der Waals surface area contributed by atoms with Crippen molar-refractivity contribution in [1.82, 2.24) is 18.8 Å². The normalized spacial score (nSPS) is 11.7. The van der Waals surface area contributed by atoms with Gasteiger partial charge in [-0.2, -0.15) is 4.31 Å². The summed E-state index contributed by atoms with van der Waals surface area (Å²) in [5.41, 5.74) is 3.50. The van der Waals surface area contributed by atoms with Gasteiger partial charge >= 0.3 is 0 Å². The van der Waals surface area contributed by atoms with Gasteiger partial charge in [-0.05, 0) is 57.4 Å². The predicted octanol–water partition coefficient (Wildman–Crippen LogP) is 4.69. The van der Waals surface area contributed by atoms with E-state index in [-0.39, 0.29) is 18.0 Å². The van der Waals surface area contributed by atoms with Crippen LogP contribution in [0.4, 0.5) is 5.95 Å². The molecule has 0 radical (unpaired) electrons. The minimum atomic E-state index is -3.95. The molecule has 0 fully saturated rings. The van der Waals surface area contributed by atoms with Crippen molar-refractivity contribution in [1.29, 1.82) is 0 Å². The minimum absolute atomic E-state index is 0.0703. The number of anilines is 1. The molecule has 8 nitrogen and oxygen atoms in total. The highest BCUT2D eigenvalue weighted by Crippen LogP contribution is 2.25. The first-order chi connectivity index (χ1) is 18.1. The van der Waals surface area contributed by atoms with E-state index in [2.05, 4.69) is 10.3 Å². The van der Waals surface area contributed by atoms with Crippen LogP contribution < -0.4 is 5.32 Å². The first kappa shape index (κ1) is 27.5. The molecular formula is C28H30ClN5O3S. The third kappa shape index (κ3) is 6.68. The SMILES string of the molecule is Cc1ccc(-n2cc(-c3ccccc3)nc2NC(=O)CN(CCN(C)C)S(=O)(=O)c2ccc(Cl)cc2)cc1. The fourth-order valence-electron chi connectivity index (χ4n) is 3.79. The van der Waals surface area contributed by atoms with Crippen LogP contribution in [0, 0.1) is 6.92 Å². The van der Waals surface area contributed by atoms with Gasteiger partial charge in [-0.1, -0.05) is 59.6 Å². The number of aryl methyl sites for hydroxylation is 1. The average Bonchev–Trinajstić information content (AvgIpc) is 3.31. The van der Waals surface area contributed by atoms with Gasteiger partial charge in [-0.15, -0.1) is 0 Å². The summed E-state index contributed by atoms with van der Waals surface area (Å²) in [6, 6.07) is 23.4. The molecule has 1 aromatic heterocycles. The van der Waals surface area contributed by atoms with Crippen LogP contribution in [-0.4, -0.2) is 66.8 Å². The second-order valence-corrected chi connectivity index (χ2v) is 11.5. The van der Waals surface area contributed by atoms with Crippen LogP contribution in [0.3, 0.4) is 0 Å². The Morgan fingerprint density at radius 2 is 1.61 bits per heavy atom. The lowest BCUT2D eigenvalue weighted by atomic mass is 10.2. The van der Waals surface area contributed by atoms with E-state index in [0.29, 0.717) is 23.2 Å². The number of rotatable bonds is 10. The summed E-state index contributed by atoms with van der Waals surface area (Å²) in [5.74, 6) is -0.200. The first-order valence-electron chi connectivity index (χ1n) is 12.1. The summed E-state index contributed by atoms with van der Waals surface area (Å²) in [6.07, 6.45) is 1.85. The molecule has 0 spiro atoms. The van der Waals surface area contributed by atoms with Gasteiger partial charge in [-0.25, -0.2) is 13.4 Å². The molecule has 0 unspecified atom stereocenters. The topological polar surface area (TPSA) is 87.5 Å². The van der Waals surface area contributed by atoms with Gasteiger partial charge < -0.3 is 4.90 Å². The van der Waals surface area contributed by atoms with Crippen molar-refractivity contribution in [3.05, 3.63) is 95.6 Å². The number of nitrogens with one attached hydrogen (secondary N) is 1. The van der Waals surface area contributed by atoms with E-state index in [9.17, 15) is 13.2 Å². The summed E-state index contributed by atoms with van der Waals surface area (Å²) >= 11 is 5.95. The van der Waals surface area contributed by atoms with E-state index >= 15 is 0 Å². The minimum Gasteiger partial charge on any atom is -0.308 e. The molecule has 0 aliphatic carbocycles. The lowest BCUT2D eigenvalue weighted by Crippen LogP contribution is -2.41. The summed E-state index contributed by atoms with van der Waals surface area (Å²) in [5, 5.41) is 3.27. The van der Waals surface area contributed by atoms with Gasteiger partial charge in [-0.3, -0.25) is 14.7 Å². The molecule has 4 aromatic rings. The zero-order valence-electron chi connectivity index (χ0n) is 21.5. The van der Waals surface area contributed by atoms with E-state index < -0.39 is 15.9 Å². The molecule has 0 aliphatic heterocycles. The largest absolute Gasteiger partial charge is 0.308 e. The second kappa shape index (κ2) is 11.9. The van der Waals surface area contributed by atoms with Crippen LogP contribution in [0.5, 0.6) is 0 Å². The smallest absolute Gasteiger partial charge is 0.243 e. The number of amides is 1. The van der Waals surface area contributed by atoms with Crippen LogP contribution >= 0.6 is 11.6 Å². The number of aromatic nitrogens is 2. The molecule has 0 atom stereocenters. The van der Waals surface area contributed by atoms with Crippen molar-refractivity contribution >= 4 is 33.5 Å². The predicted molar refractivity (Wildman–Crippen MR) is 151 cm³/mol. The highest BCUT2D eigenvalue weighted by atomic mass is 35.5. The summed E-state index contributed by atoms with van der Waals surface area (Å²) in [4.78, 5) is 19.9. The van der Waals surface area contributed by atoms with Crippen molar-refractivity contribution in [2.45, 2.75) is 11.8 Å². The maximum atomic E-state index is 13.4. The molecule has 0 saturated heterocycles. The standard InChI is InChI=1S/C28H30ClN5O3S/c1-21-9-13-24(14-10-21)34-19-26(22-7-5-4-6-8-22)30-28(34)31-27(35)20-33(18-17-32(2)3)38(36,37)25-15-11-23(29)12-16-25/h4-16,19H,17-18,20H2,1-3H3,(H,30,31,35). The van der Waals surface area contributed by atoms with Crippen molar-refractivity contribution in [2.24, 2.45) is 0 Å². The van der Waals surface area contributed by atoms with Gasteiger partial charge in [0, 0.05) is 35.6 Å². The molecule has 1 amide bonds. The Morgan fingerprint density at radius 1 is 0.947 bits per heavy atom. The zero-order valence-corrected chi connectivity index (χ0v) is 23.1. The maximum Gasteiger partial charge on any atom is 0.243 e. The van der Waals surface area contributed by atoms with E-state index in [1.807, 2.05) is 86.7 Å². The number of halogens is 1. The highest BCUT2D eigenvalue weighted by molar-refractivity contribution is 7.89. The Hall–Kier alpha value is -3.50. The van der Waals surface area contributed by atoms with Crippen LogP contribution in [0.15, 0.2) is 90.0 Å².